The molecule has 1 saturated carbocycles. The zero-order chi connectivity index (χ0) is 17.5. The van der Waals surface area contributed by atoms with Crippen LogP contribution in [-0.4, -0.2) is 44.4 Å². The van der Waals surface area contributed by atoms with Crippen LogP contribution in [0.3, 0.4) is 0 Å². The number of carbonyl (C=O) groups is 1. The monoisotopic (exact) mass is 341 g/mol. The molecule has 0 spiro atoms. The molecule has 132 valence electrons. The molecule has 2 rings (SSSR count). The van der Waals surface area contributed by atoms with E-state index in [4.69, 9.17) is 9.16 Å². The Morgan fingerprint density at radius 1 is 1.48 bits per heavy atom. The van der Waals surface area contributed by atoms with Crippen molar-refractivity contribution in [3.05, 3.63) is 12.2 Å². The summed E-state index contributed by atoms with van der Waals surface area (Å²) >= 11 is 0. The molecule has 0 unspecified atom stereocenters. The molecule has 2 atom stereocenters. The second-order valence-corrected chi connectivity index (χ2v) is 13.3. The van der Waals surface area contributed by atoms with Gasteiger partial charge < -0.3 is 19.6 Å². The summed E-state index contributed by atoms with van der Waals surface area (Å²) in [5.74, 6) is 0.312. The summed E-state index contributed by atoms with van der Waals surface area (Å²) < 4.78 is 11.9. The average Bonchev–Trinajstić information content (AvgIpc) is 2.70. The van der Waals surface area contributed by atoms with E-state index in [1.54, 1.807) is 0 Å². The van der Waals surface area contributed by atoms with E-state index >= 15 is 0 Å². The largest absolute Gasteiger partial charge is 0.439 e. The van der Waals surface area contributed by atoms with Crippen molar-refractivity contribution in [2.75, 3.05) is 13.2 Å². The summed E-state index contributed by atoms with van der Waals surface area (Å²) in [6.45, 7) is 15.1. The number of ether oxygens (including phenoxy) is 1. The Kier molecular flexibility index (Phi) is 5.00. The summed E-state index contributed by atoms with van der Waals surface area (Å²) in [6.07, 6.45) is 2.28. The highest BCUT2D eigenvalue weighted by molar-refractivity contribution is 6.74. The van der Waals surface area contributed by atoms with Crippen molar-refractivity contribution in [2.24, 2.45) is 5.92 Å². The number of aliphatic hydroxyl groups is 1. The fourth-order valence-electron chi connectivity index (χ4n) is 3.01. The number of nitrogens with one attached hydrogen (secondary N) is 1. The molecule has 0 bridgehead atoms. The van der Waals surface area contributed by atoms with E-state index in [2.05, 4.69) is 45.8 Å². The van der Waals surface area contributed by atoms with Gasteiger partial charge in [0.1, 0.15) is 5.54 Å². The van der Waals surface area contributed by atoms with Crippen molar-refractivity contribution in [3.8, 4) is 0 Å². The lowest BCUT2D eigenvalue weighted by Crippen LogP contribution is -2.62. The first kappa shape index (κ1) is 18.5. The summed E-state index contributed by atoms with van der Waals surface area (Å²) in [5, 5.41) is 12.6. The van der Waals surface area contributed by atoms with E-state index in [-0.39, 0.29) is 11.6 Å². The predicted molar refractivity (Wildman–Crippen MR) is 92.9 cm³/mol. The average molecular weight is 342 g/mol. The van der Waals surface area contributed by atoms with Crippen LogP contribution < -0.4 is 5.32 Å². The number of hydrogen-bond donors (Lipinski definition) is 2. The van der Waals surface area contributed by atoms with Gasteiger partial charge in [0, 0.05) is 0 Å². The third-order valence-corrected chi connectivity index (χ3v) is 10.4. The Morgan fingerprint density at radius 2 is 2.09 bits per heavy atom. The lowest BCUT2D eigenvalue weighted by atomic mass is 9.67. The second kappa shape index (κ2) is 6.22. The molecular formula is C17H31NO4Si. The molecule has 6 heteroatoms. The summed E-state index contributed by atoms with van der Waals surface area (Å²) in [7, 11) is -1.95. The smallest absolute Gasteiger partial charge is 0.408 e. The zero-order valence-electron chi connectivity index (χ0n) is 15.1. The molecule has 1 heterocycles. The maximum absolute atomic E-state index is 12.0. The van der Waals surface area contributed by atoms with Gasteiger partial charge in [-0.2, -0.15) is 0 Å². The highest BCUT2D eigenvalue weighted by Gasteiger charge is 2.57. The number of hydrogen-bond acceptors (Lipinski definition) is 4. The van der Waals surface area contributed by atoms with Crippen LogP contribution in [0.4, 0.5) is 4.79 Å². The van der Waals surface area contributed by atoms with Gasteiger partial charge in [0.2, 0.25) is 0 Å². The molecule has 0 aromatic carbocycles. The fourth-order valence-corrected chi connectivity index (χ4v) is 4.05. The van der Waals surface area contributed by atoms with Crippen LogP contribution in [0.5, 0.6) is 0 Å². The van der Waals surface area contributed by atoms with Crippen LogP contribution in [0.25, 0.3) is 0 Å². The second-order valence-electron chi connectivity index (χ2n) is 8.44. The van der Waals surface area contributed by atoms with Gasteiger partial charge in [-0.3, -0.25) is 0 Å². The number of amides is 1. The molecule has 1 saturated heterocycles. The third-order valence-electron chi connectivity index (χ3n) is 5.91. The molecule has 1 amide bonds. The standard InChI is InChI=1S/C17H31NO4Si/c1-12(10-19)14-17(13-8-7-9-13,18-15(20)22-14)11-21-23(5,6)16(2,3)4/h13-14,19H,1,7-11H2,2-6H3,(H,18,20)/t14-,17-/m1/s1. The highest BCUT2D eigenvalue weighted by Crippen LogP contribution is 2.45. The maximum Gasteiger partial charge on any atom is 0.408 e. The normalized spacial score (nSPS) is 29.0. The van der Waals surface area contributed by atoms with Crippen LogP contribution in [0.2, 0.25) is 18.1 Å². The molecule has 2 fully saturated rings. The molecule has 5 nitrogen and oxygen atoms in total. The van der Waals surface area contributed by atoms with E-state index in [0.717, 1.165) is 19.3 Å². The first-order valence-electron chi connectivity index (χ1n) is 8.45. The quantitative estimate of drug-likeness (QED) is 0.575. The predicted octanol–water partition coefficient (Wildman–Crippen LogP) is 3.20. The Morgan fingerprint density at radius 3 is 2.52 bits per heavy atom. The Labute approximate surface area is 140 Å². The van der Waals surface area contributed by atoms with Crippen molar-refractivity contribution in [3.63, 3.8) is 0 Å². The van der Waals surface area contributed by atoms with Crippen molar-refractivity contribution < 1.29 is 19.1 Å². The van der Waals surface area contributed by atoms with Gasteiger partial charge >= 0.3 is 6.09 Å². The van der Waals surface area contributed by atoms with E-state index in [1.807, 2.05) is 0 Å². The topological polar surface area (TPSA) is 67.8 Å². The van der Waals surface area contributed by atoms with Crippen molar-refractivity contribution in [2.45, 2.75) is 69.8 Å². The molecular weight excluding hydrogens is 310 g/mol. The van der Waals surface area contributed by atoms with Crippen LogP contribution in [0.1, 0.15) is 40.0 Å². The van der Waals surface area contributed by atoms with Crippen molar-refractivity contribution >= 4 is 14.4 Å². The number of cyclic esters (lactones) is 1. The van der Waals surface area contributed by atoms with Gasteiger partial charge in [-0.15, -0.1) is 0 Å². The van der Waals surface area contributed by atoms with Gasteiger partial charge in [0.25, 0.3) is 0 Å². The SMILES string of the molecule is C=C(CO)[C@H]1OC(=O)N[C@]1(CO[Si](C)(C)C(C)(C)C)C1CCC1. The minimum absolute atomic E-state index is 0.0980. The Balaban J connectivity index is 2.26. The molecule has 23 heavy (non-hydrogen) atoms. The van der Waals surface area contributed by atoms with Crippen LogP contribution in [-0.2, 0) is 9.16 Å². The minimum atomic E-state index is -1.95. The molecule has 0 radical (unpaired) electrons. The van der Waals surface area contributed by atoms with Crippen molar-refractivity contribution in [1.29, 1.82) is 0 Å². The molecule has 1 aliphatic carbocycles. The summed E-state index contributed by atoms with van der Waals surface area (Å²) in [4.78, 5) is 12.0. The highest BCUT2D eigenvalue weighted by atomic mass is 28.4. The lowest BCUT2D eigenvalue weighted by Gasteiger charge is -2.47. The van der Waals surface area contributed by atoms with Gasteiger partial charge in [0.15, 0.2) is 14.4 Å². The van der Waals surface area contributed by atoms with E-state index < -0.39 is 26.1 Å². The van der Waals surface area contributed by atoms with Crippen LogP contribution >= 0.6 is 0 Å². The molecule has 0 aromatic rings. The zero-order valence-corrected chi connectivity index (χ0v) is 16.1. The molecule has 2 aliphatic rings. The maximum atomic E-state index is 12.0. The van der Waals surface area contributed by atoms with E-state index in [9.17, 15) is 9.90 Å². The lowest BCUT2D eigenvalue weighted by molar-refractivity contribution is 0.0275. The number of alkyl carbamates (subject to hydrolysis) is 1. The summed E-state index contributed by atoms with van der Waals surface area (Å²) in [5.41, 5.74) is -0.0564. The molecule has 1 aliphatic heterocycles. The number of rotatable bonds is 6. The number of carbonyl (C=O) groups excluding carboxylic acids is 1. The van der Waals surface area contributed by atoms with E-state index in [1.165, 1.54) is 0 Å². The Hall–Kier alpha value is -0.853. The number of aliphatic hydroxyl groups excluding tert-OH is 1. The first-order valence-corrected chi connectivity index (χ1v) is 11.4. The van der Waals surface area contributed by atoms with Crippen LogP contribution in [0.15, 0.2) is 12.2 Å². The fraction of sp³-hybridized carbons (Fsp3) is 0.824. The van der Waals surface area contributed by atoms with Gasteiger partial charge in [-0.1, -0.05) is 33.8 Å². The third kappa shape index (κ3) is 3.34. The molecule has 2 N–H and O–H groups in total. The van der Waals surface area contributed by atoms with Gasteiger partial charge in [-0.25, -0.2) is 4.79 Å². The van der Waals surface area contributed by atoms with Gasteiger partial charge in [-0.05, 0) is 42.5 Å². The minimum Gasteiger partial charge on any atom is -0.439 e. The first-order chi connectivity index (χ1) is 10.5. The van der Waals surface area contributed by atoms with Crippen LogP contribution in [0, 0.1) is 5.92 Å². The molecule has 0 aromatic heterocycles. The Bertz CT molecular complexity index is 481. The summed E-state index contributed by atoms with van der Waals surface area (Å²) in [6, 6.07) is 0. The van der Waals surface area contributed by atoms with Gasteiger partial charge in [0.05, 0.1) is 13.2 Å². The van der Waals surface area contributed by atoms with Crippen molar-refractivity contribution in [1.82, 2.24) is 5.32 Å². The van der Waals surface area contributed by atoms with E-state index in [0.29, 0.717) is 18.1 Å².